The monoisotopic (exact) mass is 329 g/mol. The van der Waals surface area contributed by atoms with Crippen molar-refractivity contribution in [3.8, 4) is 0 Å². The summed E-state index contributed by atoms with van der Waals surface area (Å²) in [6.45, 7) is 5.95. The van der Waals surface area contributed by atoms with Crippen molar-refractivity contribution in [3.05, 3.63) is 29.3 Å². The fourth-order valence-corrected chi connectivity index (χ4v) is 2.94. The Bertz CT molecular complexity index is 678. The number of rotatable bonds is 4. The molecule has 1 aromatic rings. The zero-order chi connectivity index (χ0) is 17.1. The van der Waals surface area contributed by atoms with Gasteiger partial charge in [0.05, 0.1) is 12.3 Å². The van der Waals surface area contributed by atoms with E-state index in [1.807, 2.05) is 32.0 Å². The molecule has 1 atom stereocenters. The lowest BCUT2D eigenvalue weighted by Gasteiger charge is -2.25. The van der Waals surface area contributed by atoms with Crippen molar-refractivity contribution in [2.24, 2.45) is 11.0 Å². The maximum atomic E-state index is 12.4. The normalized spacial score (nSPS) is 20.9. The molecule has 0 unspecified atom stereocenters. The van der Waals surface area contributed by atoms with Gasteiger partial charge in [-0.1, -0.05) is 12.1 Å². The lowest BCUT2D eigenvalue weighted by molar-refractivity contribution is -0.119. The summed E-state index contributed by atoms with van der Waals surface area (Å²) in [5.74, 6) is 0.101. The van der Waals surface area contributed by atoms with Crippen LogP contribution in [0.4, 0.5) is 5.69 Å². The summed E-state index contributed by atoms with van der Waals surface area (Å²) in [6.07, 6.45) is 1.65. The zero-order valence-electron chi connectivity index (χ0n) is 14.2. The predicted octanol–water partition coefficient (Wildman–Crippen LogP) is 1.94. The summed E-state index contributed by atoms with van der Waals surface area (Å²) in [6, 6.07) is 5.88. The minimum atomic E-state index is -0.190. The molecule has 0 spiro atoms. The molecule has 24 heavy (non-hydrogen) atoms. The van der Waals surface area contributed by atoms with Crippen molar-refractivity contribution in [2.75, 3.05) is 24.8 Å². The standard InChI is InChI=1S/C18H23N3O3/c1-12-3-4-13(2)16(9-12)21-17(22)6-5-15(20-21)18(23)19-10-14-7-8-24-11-14/h3-4,9,14H,5-8,10-11H2,1-2H3,(H,19,23)/t14-/m1/s1. The summed E-state index contributed by atoms with van der Waals surface area (Å²) < 4.78 is 5.31. The van der Waals surface area contributed by atoms with Crippen molar-refractivity contribution in [1.82, 2.24) is 5.32 Å². The summed E-state index contributed by atoms with van der Waals surface area (Å²) in [7, 11) is 0. The SMILES string of the molecule is Cc1ccc(C)c(N2N=C(C(=O)NC[C@H]3CCOC3)CCC2=O)c1. The summed E-state index contributed by atoms with van der Waals surface area (Å²) in [5, 5.41) is 8.63. The molecule has 0 bridgehead atoms. The number of nitrogens with zero attached hydrogens (tertiary/aromatic N) is 2. The molecule has 0 aromatic heterocycles. The van der Waals surface area contributed by atoms with Crippen LogP contribution in [0.3, 0.4) is 0 Å². The van der Waals surface area contributed by atoms with E-state index in [9.17, 15) is 9.59 Å². The molecular formula is C18H23N3O3. The van der Waals surface area contributed by atoms with Gasteiger partial charge in [0, 0.05) is 31.9 Å². The molecule has 2 aliphatic heterocycles. The fourth-order valence-electron chi connectivity index (χ4n) is 2.94. The summed E-state index contributed by atoms with van der Waals surface area (Å²) >= 11 is 0. The predicted molar refractivity (Wildman–Crippen MR) is 92.0 cm³/mol. The van der Waals surface area contributed by atoms with Crippen LogP contribution in [-0.4, -0.2) is 37.3 Å². The molecule has 0 aliphatic carbocycles. The minimum absolute atomic E-state index is 0.0792. The molecule has 6 nitrogen and oxygen atoms in total. The molecule has 128 valence electrons. The second-order valence-corrected chi connectivity index (χ2v) is 6.48. The minimum Gasteiger partial charge on any atom is -0.381 e. The highest BCUT2D eigenvalue weighted by atomic mass is 16.5. The lowest BCUT2D eigenvalue weighted by atomic mass is 10.1. The van der Waals surface area contributed by atoms with E-state index in [0.29, 0.717) is 37.6 Å². The largest absolute Gasteiger partial charge is 0.381 e. The van der Waals surface area contributed by atoms with Gasteiger partial charge in [0.15, 0.2) is 0 Å². The highest BCUT2D eigenvalue weighted by molar-refractivity contribution is 6.40. The van der Waals surface area contributed by atoms with E-state index < -0.39 is 0 Å². The van der Waals surface area contributed by atoms with E-state index in [-0.39, 0.29) is 11.8 Å². The Balaban J connectivity index is 1.74. The molecule has 1 saturated heterocycles. The Morgan fingerprint density at radius 1 is 1.38 bits per heavy atom. The number of hydrazone groups is 1. The maximum absolute atomic E-state index is 12.4. The quantitative estimate of drug-likeness (QED) is 0.917. The molecule has 0 saturated carbocycles. The van der Waals surface area contributed by atoms with E-state index >= 15 is 0 Å². The Hall–Kier alpha value is -2.21. The molecular weight excluding hydrogens is 306 g/mol. The molecule has 1 N–H and O–H groups in total. The van der Waals surface area contributed by atoms with Gasteiger partial charge < -0.3 is 10.1 Å². The number of amides is 2. The van der Waals surface area contributed by atoms with Gasteiger partial charge >= 0.3 is 0 Å². The first kappa shape index (κ1) is 16.6. The lowest BCUT2D eigenvalue weighted by Crippen LogP contribution is -2.40. The van der Waals surface area contributed by atoms with Crippen molar-refractivity contribution < 1.29 is 14.3 Å². The van der Waals surface area contributed by atoms with Crippen molar-refractivity contribution in [1.29, 1.82) is 0 Å². The number of ether oxygens (including phenoxy) is 1. The molecule has 2 aliphatic rings. The average Bonchev–Trinajstić information content (AvgIpc) is 3.09. The molecule has 2 amide bonds. The second kappa shape index (κ2) is 7.13. The van der Waals surface area contributed by atoms with Crippen LogP contribution in [0.5, 0.6) is 0 Å². The van der Waals surface area contributed by atoms with Crippen LogP contribution in [0.25, 0.3) is 0 Å². The van der Waals surface area contributed by atoms with Crippen LogP contribution in [-0.2, 0) is 14.3 Å². The summed E-state index contributed by atoms with van der Waals surface area (Å²) in [4.78, 5) is 24.6. The molecule has 3 rings (SSSR count). The van der Waals surface area contributed by atoms with Crippen molar-refractivity contribution >= 4 is 23.2 Å². The van der Waals surface area contributed by atoms with Crippen molar-refractivity contribution in [2.45, 2.75) is 33.1 Å². The van der Waals surface area contributed by atoms with Crippen LogP contribution in [0.1, 0.15) is 30.4 Å². The average molecular weight is 329 g/mol. The number of anilines is 1. The van der Waals surface area contributed by atoms with Gasteiger partial charge in [0.2, 0.25) is 5.91 Å². The molecule has 1 aromatic carbocycles. The van der Waals surface area contributed by atoms with E-state index in [1.165, 1.54) is 5.01 Å². The third-order valence-corrected chi connectivity index (χ3v) is 4.46. The van der Waals surface area contributed by atoms with Gasteiger partial charge in [0.25, 0.3) is 5.91 Å². The number of aryl methyl sites for hydroxylation is 2. The van der Waals surface area contributed by atoms with E-state index in [0.717, 1.165) is 29.8 Å². The first-order valence-electron chi connectivity index (χ1n) is 8.38. The number of hydrogen-bond acceptors (Lipinski definition) is 4. The van der Waals surface area contributed by atoms with E-state index in [4.69, 9.17) is 4.74 Å². The Morgan fingerprint density at radius 3 is 2.96 bits per heavy atom. The van der Waals surface area contributed by atoms with Gasteiger partial charge in [-0.25, -0.2) is 5.01 Å². The highest BCUT2D eigenvalue weighted by Crippen LogP contribution is 2.25. The number of nitrogens with one attached hydrogen (secondary N) is 1. The molecule has 0 radical (unpaired) electrons. The number of carbonyl (C=O) groups is 2. The van der Waals surface area contributed by atoms with Gasteiger partial charge in [-0.3, -0.25) is 9.59 Å². The number of benzene rings is 1. The summed E-state index contributed by atoms with van der Waals surface area (Å²) in [5.41, 5.74) is 3.17. The molecule has 2 heterocycles. The van der Waals surface area contributed by atoms with Gasteiger partial charge in [-0.15, -0.1) is 0 Å². The zero-order valence-corrected chi connectivity index (χ0v) is 14.2. The highest BCUT2D eigenvalue weighted by Gasteiger charge is 2.27. The second-order valence-electron chi connectivity index (χ2n) is 6.48. The third-order valence-electron chi connectivity index (χ3n) is 4.46. The van der Waals surface area contributed by atoms with Gasteiger partial charge in [-0.05, 0) is 37.5 Å². The van der Waals surface area contributed by atoms with Crippen molar-refractivity contribution in [3.63, 3.8) is 0 Å². The van der Waals surface area contributed by atoms with Crippen LogP contribution < -0.4 is 10.3 Å². The van der Waals surface area contributed by atoms with Gasteiger partial charge in [-0.2, -0.15) is 5.10 Å². The van der Waals surface area contributed by atoms with Crippen LogP contribution >= 0.6 is 0 Å². The molecule has 6 heteroatoms. The van der Waals surface area contributed by atoms with E-state index in [2.05, 4.69) is 10.4 Å². The topological polar surface area (TPSA) is 71.0 Å². The number of hydrogen-bond donors (Lipinski definition) is 1. The Kier molecular flexibility index (Phi) is 4.94. The fraction of sp³-hybridized carbons (Fsp3) is 0.500. The first-order valence-corrected chi connectivity index (χ1v) is 8.38. The van der Waals surface area contributed by atoms with Gasteiger partial charge in [0.1, 0.15) is 5.71 Å². The molecule has 1 fully saturated rings. The first-order chi connectivity index (χ1) is 11.5. The van der Waals surface area contributed by atoms with Crippen LogP contribution in [0, 0.1) is 19.8 Å². The third kappa shape index (κ3) is 3.64. The number of carbonyl (C=O) groups excluding carboxylic acids is 2. The Morgan fingerprint density at radius 2 is 2.21 bits per heavy atom. The van der Waals surface area contributed by atoms with Crippen LogP contribution in [0.15, 0.2) is 23.3 Å². The van der Waals surface area contributed by atoms with Crippen LogP contribution in [0.2, 0.25) is 0 Å². The smallest absolute Gasteiger partial charge is 0.267 e. The maximum Gasteiger partial charge on any atom is 0.267 e. The Labute approximate surface area is 141 Å². The van der Waals surface area contributed by atoms with E-state index in [1.54, 1.807) is 0 Å².